The number of furan rings is 1. The van der Waals surface area contributed by atoms with Crippen LogP contribution in [0, 0.1) is 0 Å². The molecule has 0 radical (unpaired) electrons. The second-order valence-corrected chi connectivity index (χ2v) is 4.43. The molecule has 6 nitrogen and oxygen atoms in total. The Labute approximate surface area is 119 Å². The van der Waals surface area contributed by atoms with Crippen molar-refractivity contribution in [3.05, 3.63) is 24.2 Å². The molecule has 0 spiro atoms. The van der Waals surface area contributed by atoms with Gasteiger partial charge in [-0.25, -0.2) is 0 Å². The summed E-state index contributed by atoms with van der Waals surface area (Å²) in [4.78, 5) is 25.1. The van der Waals surface area contributed by atoms with Crippen LogP contribution in [0.15, 0.2) is 22.8 Å². The highest BCUT2D eigenvalue weighted by atomic mass is 16.5. The van der Waals surface area contributed by atoms with Crippen molar-refractivity contribution in [1.82, 2.24) is 10.2 Å². The third-order valence-electron chi connectivity index (χ3n) is 3.18. The van der Waals surface area contributed by atoms with E-state index in [1.54, 1.807) is 18.4 Å². The Bertz CT molecular complexity index is 417. The van der Waals surface area contributed by atoms with Crippen molar-refractivity contribution >= 4 is 11.9 Å². The Morgan fingerprint density at radius 2 is 2.25 bits per heavy atom. The first-order chi connectivity index (χ1) is 9.58. The number of hydrogen-bond acceptors (Lipinski definition) is 5. The largest absolute Gasteiger partial charge is 0.469 e. The quantitative estimate of drug-likeness (QED) is 0.725. The van der Waals surface area contributed by atoms with E-state index in [0.717, 1.165) is 0 Å². The number of likely N-dealkylation sites (N-methyl/N-ethyl adjacent to an activating group) is 1. The van der Waals surface area contributed by atoms with Crippen LogP contribution < -0.4 is 5.32 Å². The summed E-state index contributed by atoms with van der Waals surface area (Å²) >= 11 is 0. The molecule has 1 unspecified atom stereocenters. The van der Waals surface area contributed by atoms with Crippen LogP contribution in [0.3, 0.4) is 0 Å². The van der Waals surface area contributed by atoms with Crippen molar-refractivity contribution in [2.24, 2.45) is 0 Å². The van der Waals surface area contributed by atoms with E-state index in [-0.39, 0.29) is 24.3 Å². The maximum absolute atomic E-state index is 12.0. The van der Waals surface area contributed by atoms with Gasteiger partial charge in [0.15, 0.2) is 0 Å². The number of nitrogens with zero attached hydrogens (tertiary/aromatic N) is 1. The summed E-state index contributed by atoms with van der Waals surface area (Å²) < 4.78 is 9.76. The second kappa shape index (κ2) is 8.37. The lowest BCUT2D eigenvalue weighted by atomic mass is 10.2. The topological polar surface area (TPSA) is 71.8 Å². The molecule has 0 bridgehead atoms. The Balaban J connectivity index is 2.41. The van der Waals surface area contributed by atoms with Crippen LogP contribution in [-0.4, -0.2) is 43.0 Å². The predicted octanol–water partition coefficient (Wildman–Crippen LogP) is 1.17. The SMILES string of the molecule is CCN(CCC(=O)OC)C(C)C(=O)NCc1ccco1. The van der Waals surface area contributed by atoms with Gasteiger partial charge in [0.2, 0.25) is 5.91 Å². The molecule has 1 rings (SSSR count). The molecule has 1 atom stereocenters. The van der Waals surface area contributed by atoms with E-state index in [2.05, 4.69) is 10.1 Å². The van der Waals surface area contributed by atoms with E-state index in [0.29, 0.717) is 25.4 Å². The molecule has 0 aliphatic rings. The standard InChI is InChI=1S/C14H22N2O4/c1-4-16(8-7-13(17)19-3)11(2)14(18)15-10-12-6-5-9-20-12/h5-6,9,11H,4,7-8,10H2,1-3H3,(H,15,18). The van der Waals surface area contributed by atoms with Crippen molar-refractivity contribution in [2.75, 3.05) is 20.2 Å². The van der Waals surface area contributed by atoms with Gasteiger partial charge in [0.1, 0.15) is 5.76 Å². The van der Waals surface area contributed by atoms with Gasteiger partial charge in [0.05, 0.1) is 32.4 Å². The van der Waals surface area contributed by atoms with Gasteiger partial charge >= 0.3 is 5.97 Å². The van der Waals surface area contributed by atoms with E-state index in [1.807, 2.05) is 18.7 Å². The average Bonchev–Trinajstić information content (AvgIpc) is 2.98. The molecule has 0 saturated carbocycles. The molecule has 0 aliphatic carbocycles. The van der Waals surface area contributed by atoms with Gasteiger partial charge in [-0.1, -0.05) is 6.92 Å². The third kappa shape index (κ3) is 5.05. The average molecular weight is 282 g/mol. The van der Waals surface area contributed by atoms with Crippen LogP contribution in [0.1, 0.15) is 26.0 Å². The first-order valence-electron chi connectivity index (χ1n) is 6.69. The minimum atomic E-state index is -0.306. The van der Waals surface area contributed by atoms with Crippen molar-refractivity contribution in [1.29, 1.82) is 0 Å². The zero-order chi connectivity index (χ0) is 15.0. The number of hydrogen-bond donors (Lipinski definition) is 1. The van der Waals surface area contributed by atoms with Crippen molar-refractivity contribution in [3.63, 3.8) is 0 Å². The summed E-state index contributed by atoms with van der Waals surface area (Å²) in [7, 11) is 1.36. The fraction of sp³-hybridized carbons (Fsp3) is 0.571. The predicted molar refractivity (Wildman–Crippen MR) is 73.9 cm³/mol. The van der Waals surface area contributed by atoms with E-state index in [1.165, 1.54) is 7.11 Å². The Morgan fingerprint density at radius 1 is 1.50 bits per heavy atom. The van der Waals surface area contributed by atoms with E-state index in [4.69, 9.17) is 4.42 Å². The number of nitrogens with one attached hydrogen (secondary N) is 1. The molecule has 1 aromatic rings. The lowest BCUT2D eigenvalue weighted by molar-refractivity contribution is -0.141. The molecule has 20 heavy (non-hydrogen) atoms. The number of rotatable bonds is 8. The fourth-order valence-electron chi connectivity index (χ4n) is 1.86. The van der Waals surface area contributed by atoms with Crippen molar-refractivity contribution in [2.45, 2.75) is 32.9 Å². The molecule has 0 saturated heterocycles. The van der Waals surface area contributed by atoms with Crippen LogP contribution in [0.5, 0.6) is 0 Å². The van der Waals surface area contributed by atoms with Gasteiger partial charge < -0.3 is 14.5 Å². The number of carbonyl (C=O) groups excluding carboxylic acids is 2. The highest BCUT2D eigenvalue weighted by Crippen LogP contribution is 2.03. The monoisotopic (exact) mass is 282 g/mol. The Kier molecular flexibility index (Phi) is 6.79. The second-order valence-electron chi connectivity index (χ2n) is 4.43. The Morgan fingerprint density at radius 3 is 2.80 bits per heavy atom. The number of methoxy groups -OCH3 is 1. The maximum Gasteiger partial charge on any atom is 0.306 e. The van der Waals surface area contributed by atoms with Crippen molar-refractivity contribution in [3.8, 4) is 0 Å². The van der Waals surface area contributed by atoms with Crippen molar-refractivity contribution < 1.29 is 18.7 Å². The minimum absolute atomic E-state index is 0.0897. The molecule has 112 valence electrons. The van der Waals surface area contributed by atoms with Crippen LogP contribution in [0.2, 0.25) is 0 Å². The molecule has 1 aromatic heterocycles. The highest BCUT2D eigenvalue weighted by Gasteiger charge is 2.20. The normalized spacial score (nSPS) is 12.2. The molecule has 1 N–H and O–H groups in total. The van der Waals surface area contributed by atoms with Gasteiger partial charge in [-0.15, -0.1) is 0 Å². The molecule has 6 heteroatoms. The Hall–Kier alpha value is -1.82. The smallest absolute Gasteiger partial charge is 0.306 e. The molecular formula is C14H22N2O4. The van der Waals surface area contributed by atoms with E-state index in [9.17, 15) is 9.59 Å². The zero-order valence-corrected chi connectivity index (χ0v) is 12.2. The molecular weight excluding hydrogens is 260 g/mol. The zero-order valence-electron chi connectivity index (χ0n) is 12.2. The lowest BCUT2D eigenvalue weighted by Gasteiger charge is -2.26. The van der Waals surface area contributed by atoms with Gasteiger partial charge in [-0.3, -0.25) is 14.5 Å². The van der Waals surface area contributed by atoms with Gasteiger partial charge in [-0.2, -0.15) is 0 Å². The first kappa shape index (κ1) is 16.2. The lowest BCUT2D eigenvalue weighted by Crippen LogP contribution is -2.45. The van der Waals surface area contributed by atoms with Gasteiger partial charge in [0, 0.05) is 6.54 Å². The fourth-order valence-corrected chi connectivity index (χ4v) is 1.86. The van der Waals surface area contributed by atoms with E-state index < -0.39 is 0 Å². The maximum atomic E-state index is 12.0. The molecule has 1 amide bonds. The first-order valence-corrected chi connectivity index (χ1v) is 6.69. The van der Waals surface area contributed by atoms with E-state index >= 15 is 0 Å². The summed E-state index contributed by atoms with van der Waals surface area (Å²) in [6.07, 6.45) is 1.85. The number of ether oxygens (including phenoxy) is 1. The molecule has 0 fully saturated rings. The molecule has 1 heterocycles. The summed E-state index contributed by atoms with van der Waals surface area (Å²) in [5.74, 6) is 0.350. The minimum Gasteiger partial charge on any atom is -0.469 e. The number of esters is 1. The third-order valence-corrected chi connectivity index (χ3v) is 3.18. The number of carbonyl (C=O) groups is 2. The van der Waals surface area contributed by atoms with Crippen LogP contribution in [0.25, 0.3) is 0 Å². The molecule has 0 aromatic carbocycles. The summed E-state index contributed by atoms with van der Waals surface area (Å²) in [5.41, 5.74) is 0. The van der Waals surface area contributed by atoms with Crippen LogP contribution >= 0.6 is 0 Å². The summed E-state index contributed by atoms with van der Waals surface area (Å²) in [6, 6.07) is 3.28. The molecule has 0 aliphatic heterocycles. The highest BCUT2D eigenvalue weighted by molar-refractivity contribution is 5.81. The summed E-state index contributed by atoms with van der Waals surface area (Å²) in [6.45, 7) is 5.32. The van der Waals surface area contributed by atoms with Gasteiger partial charge in [-0.05, 0) is 25.6 Å². The van der Waals surface area contributed by atoms with Crippen LogP contribution in [-0.2, 0) is 20.9 Å². The summed E-state index contributed by atoms with van der Waals surface area (Å²) in [5, 5.41) is 2.81. The van der Waals surface area contributed by atoms with Gasteiger partial charge in [0.25, 0.3) is 0 Å². The number of amides is 1. The van der Waals surface area contributed by atoms with Crippen LogP contribution in [0.4, 0.5) is 0 Å².